The van der Waals surface area contributed by atoms with Gasteiger partial charge in [-0.25, -0.2) is 8.78 Å². The molecular weight excluding hydrogens is 450 g/mol. The second-order valence-electron chi connectivity index (χ2n) is 9.38. The van der Waals surface area contributed by atoms with Crippen LogP contribution in [0.3, 0.4) is 0 Å². The number of halogens is 2. The molecule has 3 aromatic carbocycles. The highest BCUT2D eigenvalue weighted by atomic mass is 32.2. The van der Waals surface area contributed by atoms with Crippen molar-refractivity contribution in [1.29, 1.82) is 5.41 Å². The topological polar surface area (TPSA) is 46.9 Å². The van der Waals surface area contributed by atoms with Crippen LogP contribution in [0.4, 0.5) is 8.78 Å². The van der Waals surface area contributed by atoms with E-state index in [4.69, 9.17) is 5.41 Å². The third-order valence-electron chi connectivity index (χ3n) is 7.11. The molecule has 2 unspecified atom stereocenters. The number of hydrogen-bond acceptors (Lipinski definition) is 3. The largest absolute Gasteiger partial charge is 0.861 e. The van der Waals surface area contributed by atoms with Gasteiger partial charge in [-0.2, -0.15) is 0 Å². The summed E-state index contributed by atoms with van der Waals surface area (Å²) in [5.74, 6) is -1.37. The molecule has 178 valence electrons. The van der Waals surface area contributed by atoms with Crippen molar-refractivity contribution >= 4 is 17.7 Å². The van der Waals surface area contributed by atoms with E-state index in [0.717, 1.165) is 58.7 Å². The maximum atomic E-state index is 13.5. The number of benzene rings is 3. The molecule has 1 aliphatic rings. The van der Waals surface area contributed by atoms with Gasteiger partial charge in [0, 0.05) is 29.4 Å². The summed E-state index contributed by atoms with van der Waals surface area (Å²) < 4.78 is 27.4. The minimum atomic E-state index is -0.987. The highest BCUT2D eigenvalue weighted by Gasteiger charge is 2.49. The zero-order valence-corrected chi connectivity index (χ0v) is 20.2. The lowest BCUT2D eigenvalue weighted by Gasteiger charge is -2.43. The van der Waals surface area contributed by atoms with Crippen molar-refractivity contribution in [2.45, 2.75) is 23.2 Å². The molecule has 34 heavy (non-hydrogen) atoms. The van der Waals surface area contributed by atoms with Gasteiger partial charge in [0.05, 0.1) is 32.1 Å². The zero-order chi connectivity index (χ0) is 24.2. The Bertz CT molecular complexity index is 1090. The van der Waals surface area contributed by atoms with E-state index >= 15 is 0 Å². The van der Waals surface area contributed by atoms with Crippen LogP contribution in [0.5, 0.6) is 0 Å². The van der Waals surface area contributed by atoms with E-state index in [9.17, 15) is 13.9 Å². The van der Waals surface area contributed by atoms with Crippen molar-refractivity contribution < 1.29 is 18.4 Å². The van der Waals surface area contributed by atoms with E-state index in [1.165, 1.54) is 23.9 Å². The number of nitrogens with one attached hydrogen (secondary N) is 1. The molecule has 0 amide bonds. The van der Waals surface area contributed by atoms with Crippen molar-refractivity contribution in [1.82, 2.24) is 0 Å². The summed E-state index contributed by atoms with van der Waals surface area (Å²) in [6, 6.07) is 23.5. The fourth-order valence-electron chi connectivity index (χ4n) is 5.43. The Morgan fingerprint density at radius 1 is 1.00 bits per heavy atom. The van der Waals surface area contributed by atoms with Gasteiger partial charge in [-0.1, -0.05) is 60.7 Å². The lowest BCUT2D eigenvalue weighted by molar-refractivity contribution is -0.899. The minimum absolute atomic E-state index is 0.0196. The molecule has 3 aromatic rings. The van der Waals surface area contributed by atoms with E-state index in [2.05, 4.69) is 7.05 Å². The lowest BCUT2D eigenvalue weighted by Crippen LogP contribution is -2.52. The SMILES string of the molecule is C[N+]1(CCCSc2ccc(F)c(F)c2)CCC(C(C(=N)[O-])(c2ccccc2)c2ccccc2)C1. The van der Waals surface area contributed by atoms with Crippen molar-refractivity contribution in [3.8, 4) is 0 Å². The molecule has 2 atom stereocenters. The Balaban J connectivity index is 1.50. The van der Waals surface area contributed by atoms with E-state index in [0.29, 0.717) is 0 Å². The van der Waals surface area contributed by atoms with Crippen molar-refractivity contribution in [2.24, 2.45) is 5.92 Å². The highest BCUT2D eigenvalue weighted by Crippen LogP contribution is 2.45. The van der Waals surface area contributed by atoms with Crippen LogP contribution in [0.2, 0.25) is 0 Å². The van der Waals surface area contributed by atoms with Crippen molar-refractivity contribution in [3.63, 3.8) is 0 Å². The van der Waals surface area contributed by atoms with Crippen molar-refractivity contribution in [3.05, 3.63) is 102 Å². The molecule has 0 aromatic heterocycles. The first-order valence-corrected chi connectivity index (χ1v) is 12.6. The summed E-state index contributed by atoms with van der Waals surface area (Å²) in [6.07, 6.45) is 1.78. The van der Waals surface area contributed by atoms with E-state index < -0.39 is 22.9 Å². The maximum absolute atomic E-state index is 13.5. The first kappa shape index (κ1) is 24.4. The number of thioether (sulfide) groups is 1. The first-order valence-electron chi connectivity index (χ1n) is 11.6. The number of rotatable bonds is 9. The highest BCUT2D eigenvalue weighted by molar-refractivity contribution is 7.99. The molecule has 3 nitrogen and oxygen atoms in total. The number of quaternary nitrogens is 1. The summed E-state index contributed by atoms with van der Waals surface area (Å²) in [7, 11) is 2.22. The Morgan fingerprint density at radius 2 is 1.62 bits per heavy atom. The predicted octanol–water partition coefficient (Wildman–Crippen LogP) is 5.24. The van der Waals surface area contributed by atoms with Gasteiger partial charge in [0.1, 0.15) is 0 Å². The standard InChI is InChI=1S/C28H30F2N2OS/c1-32(16-8-18-34-24-13-14-25(29)26(30)19-24)17-15-23(20-32)28(27(31)33,21-9-4-2-5-10-21)22-11-6-3-7-12-22/h2-7,9-14,19,23H,8,15-18,20H2,1H3,(H-,31,33). The van der Waals surface area contributed by atoms with Gasteiger partial charge in [0.25, 0.3) is 0 Å². The molecular formula is C28H30F2N2OS. The number of hydrogen-bond donors (Lipinski definition) is 1. The second kappa shape index (κ2) is 10.3. The number of nitrogens with zero attached hydrogens (tertiary/aromatic N) is 1. The monoisotopic (exact) mass is 480 g/mol. The van der Waals surface area contributed by atoms with Crippen LogP contribution in [0.15, 0.2) is 83.8 Å². The minimum Gasteiger partial charge on any atom is -0.861 e. The van der Waals surface area contributed by atoms with Gasteiger partial charge in [-0.05, 0) is 35.2 Å². The quantitative estimate of drug-likeness (QED) is 0.150. The maximum Gasteiger partial charge on any atom is 0.159 e. The third kappa shape index (κ3) is 4.89. The molecule has 0 saturated carbocycles. The average Bonchev–Trinajstić information content (AvgIpc) is 3.23. The molecule has 0 spiro atoms. The molecule has 0 bridgehead atoms. The van der Waals surface area contributed by atoms with E-state index in [1.807, 2.05) is 60.7 Å². The molecule has 0 radical (unpaired) electrons. The molecule has 1 aliphatic heterocycles. The van der Waals surface area contributed by atoms with Crippen LogP contribution in [-0.2, 0) is 5.41 Å². The van der Waals surface area contributed by atoms with Gasteiger partial charge in [0.15, 0.2) is 11.6 Å². The van der Waals surface area contributed by atoms with Crippen LogP contribution in [0, 0.1) is 23.0 Å². The predicted molar refractivity (Wildman–Crippen MR) is 132 cm³/mol. The van der Waals surface area contributed by atoms with Crippen LogP contribution in [-0.4, -0.2) is 42.8 Å². The Hall–Kier alpha value is -2.70. The Morgan fingerprint density at radius 3 is 2.18 bits per heavy atom. The van der Waals surface area contributed by atoms with Crippen LogP contribution in [0.1, 0.15) is 24.0 Å². The summed E-state index contributed by atoms with van der Waals surface area (Å²) in [5.41, 5.74) is 0.779. The third-order valence-corrected chi connectivity index (χ3v) is 8.19. The summed E-state index contributed by atoms with van der Waals surface area (Å²) >= 11 is 1.53. The lowest BCUT2D eigenvalue weighted by atomic mass is 9.65. The normalized spacial score (nSPS) is 20.4. The zero-order valence-electron chi connectivity index (χ0n) is 19.3. The van der Waals surface area contributed by atoms with Gasteiger partial charge in [0.2, 0.25) is 0 Å². The fraction of sp³-hybridized carbons (Fsp3) is 0.321. The van der Waals surface area contributed by atoms with Crippen LogP contribution >= 0.6 is 11.8 Å². The summed E-state index contributed by atoms with van der Waals surface area (Å²) in [4.78, 5) is 0.729. The molecule has 0 aliphatic carbocycles. The van der Waals surface area contributed by atoms with Gasteiger partial charge >= 0.3 is 0 Å². The molecule has 1 heterocycles. The summed E-state index contributed by atoms with van der Waals surface area (Å²) in [6.45, 7) is 2.68. The second-order valence-corrected chi connectivity index (χ2v) is 10.6. The van der Waals surface area contributed by atoms with Crippen molar-refractivity contribution in [2.75, 3.05) is 32.4 Å². The Kier molecular flexibility index (Phi) is 7.39. The fourth-order valence-corrected chi connectivity index (χ4v) is 6.29. The Labute approximate surface area is 204 Å². The van der Waals surface area contributed by atoms with Gasteiger partial charge in [-0.15, -0.1) is 11.8 Å². The molecule has 6 heteroatoms. The molecule has 1 fully saturated rings. The van der Waals surface area contributed by atoms with Gasteiger partial charge < -0.3 is 15.0 Å². The van der Waals surface area contributed by atoms with Gasteiger partial charge in [-0.3, -0.25) is 0 Å². The van der Waals surface area contributed by atoms with Crippen LogP contribution in [0.25, 0.3) is 0 Å². The van der Waals surface area contributed by atoms with E-state index in [1.54, 1.807) is 6.07 Å². The smallest absolute Gasteiger partial charge is 0.159 e. The van der Waals surface area contributed by atoms with E-state index in [-0.39, 0.29) is 5.92 Å². The molecule has 4 rings (SSSR count). The first-order chi connectivity index (χ1) is 16.3. The molecule has 1 N–H and O–H groups in total. The summed E-state index contributed by atoms with van der Waals surface area (Å²) in [5, 5.41) is 21.6. The number of likely N-dealkylation sites (tertiary alicyclic amines) is 1. The average molecular weight is 481 g/mol. The molecule has 1 saturated heterocycles. The van der Waals surface area contributed by atoms with Crippen LogP contribution < -0.4 is 5.11 Å².